The predicted molar refractivity (Wildman–Crippen MR) is 97.5 cm³/mol. The van der Waals surface area contributed by atoms with Crippen LogP contribution in [0.5, 0.6) is 0 Å². The van der Waals surface area contributed by atoms with Gasteiger partial charge in [-0.25, -0.2) is 9.97 Å². The number of hydrogen-bond acceptors (Lipinski definition) is 4. The van der Waals surface area contributed by atoms with Gasteiger partial charge in [-0.3, -0.25) is 0 Å². The summed E-state index contributed by atoms with van der Waals surface area (Å²) in [4.78, 5) is 8.03. The van der Waals surface area contributed by atoms with Crippen LogP contribution in [0.15, 0.2) is 34.2 Å². The van der Waals surface area contributed by atoms with Gasteiger partial charge in [-0.1, -0.05) is 13.0 Å². The molecule has 3 nitrogen and oxygen atoms in total. The third kappa shape index (κ3) is 3.95. The fourth-order valence-electron chi connectivity index (χ4n) is 2.92. The van der Waals surface area contributed by atoms with Gasteiger partial charge in [0.15, 0.2) is 5.65 Å². The van der Waals surface area contributed by atoms with Crippen LogP contribution >= 0.6 is 24.4 Å². The summed E-state index contributed by atoms with van der Waals surface area (Å²) in [5.41, 5.74) is -4.00. The van der Waals surface area contributed by atoms with E-state index in [0.717, 1.165) is 12.3 Å². The second-order valence-electron chi connectivity index (χ2n) is 5.90. The van der Waals surface area contributed by atoms with E-state index in [1.54, 1.807) is 14.0 Å². The molecule has 0 aliphatic carbocycles. The molecule has 0 saturated heterocycles. The lowest BCUT2D eigenvalue weighted by molar-refractivity contribution is -0.139. The monoisotopic (exact) mass is 437 g/mol. The highest BCUT2D eigenvalue weighted by atomic mass is 32.2. The van der Waals surface area contributed by atoms with Crippen LogP contribution < -0.4 is 0 Å². The van der Waals surface area contributed by atoms with Crippen LogP contribution in [0, 0.1) is 0 Å². The third-order valence-electron chi connectivity index (χ3n) is 4.10. The van der Waals surface area contributed by atoms with Crippen molar-refractivity contribution in [2.24, 2.45) is 7.05 Å². The van der Waals surface area contributed by atoms with Crippen LogP contribution in [0.3, 0.4) is 0 Å². The first-order valence-corrected chi connectivity index (χ1v) is 9.19. The van der Waals surface area contributed by atoms with Crippen molar-refractivity contribution >= 4 is 35.6 Å². The van der Waals surface area contributed by atoms with E-state index in [2.05, 4.69) is 22.6 Å². The maximum absolute atomic E-state index is 13.2. The van der Waals surface area contributed by atoms with Gasteiger partial charge in [0.05, 0.1) is 5.56 Å². The van der Waals surface area contributed by atoms with E-state index < -0.39 is 17.2 Å². The largest absolute Gasteiger partial charge is 0.446 e. The van der Waals surface area contributed by atoms with Gasteiger partial charge in [0.2, 0.25) is 0 Å². The number of aryl methyl sites for hydroxylation is 1. The van der Waals surface area contributed by atoms with E-state index in [0.29, 0.717) is 22.6 Å². The number of pyridine rings is 1. The summed E-state index contributed by atoms with van der Waals surface area (Å²) in [6.07, 6.45) is -3.19. The first kappa shape index (κ1) is 20.8. The highest BCUT2D eigenvalue weighted by Crippen LogP contribution is 2.40. The Balaban J connectivity index is 2.16. The van der Waals surface area contributed by atoms with E-state index >= 15 is 0 Å². The molecular weight excluding hydrogens is 424 g/mol. The average Bonchev–Trinajstić information content (AvgIpc) is 2.88. The number of thiol groups is 1. The first-order valence-electron chi connectivity index (χ1n) is 7.93. The Labute approximate surface area is 165 Å². The lowest BCUT2D eigenvalue weighted by Crippen LogP contribution is -2.09. The molecule has 2 aromatic heterocycles. The Kier molecular flexibility index (Phi) is 5.34. The van der Waals surface area contributed by atoms with Crippen molar-refractivity contribution in [1.29, 1.82) is 0 Å². The molecule has 0 amide bonds. The summed E-state index contributed by atoms with van der Waals surface area (Å²) in [6.45, 7) is 1.69. The van der Waals surface area contributed by atoms with Crippen molar-refractivity contribution in [1.82, 2.24) is 14.5 Å². The molecule has 150 valence electrons. The topological polar surface area (TPSA) is 30.7 Å². The Morgan fingerprint density at radius 3 is 2.39 bits per heavy atom. The van der Waals surface area contributed by atoms with Crippen molar-refractivity contribution in [2.75, 3.05) is 0 Å². The zero-order valence-corrected chi connectivity index (χ0v) is 16.2. The van der Waals surface area contributed by atoms with Gasteiger partial charge >= 0.3 is 11.7 Å². The molecule has 0 N–H and O–H groups in total. The van der Waals surface area contributed by atoms with Gasteiger partial charge < -0.3 is 4.57 Å². The third-order valence-corrected chi connectivity index (χ3v) is 5.30. The van der Waals surface area contributed by atoms with Crippen molar-refractivity contribution in [3.63, 3.8) is 0 Å². The van der Waals surface area contributed by atoms with Crippen LogP contribution in [-0.2, 0) is 19.6 Å². The number of nitrogens with zero attached hydrogens (tertiary/aromatic N) is 3. The van der Waals surface area contributed by atoms with E-state index in [-0.39, 0.29) is 33.5 Å². The molecule has 0 radical (unpaired) electrons. The van der Waals surface area contributed by atoms with Crippen LogP contribution in [0.25, 0.3) is 22.6 Å². The molecular formula is C17H13F6N3S2. The maximum atomic E-state index is 13.2. The van der Waals surface area contributed by atoms with Crippen molar-refractivity contribution < 1.29 is 26.3 Å². The maximum Gasteiger partial charge on any atom is 0.446 e. The van der Waals surface area contributed by atoms with Crippen LogP contribution in [-0.4, -0.2) is 20.0 Å². The van der Waals surface area contributed by atoms with Gasteiger partial charge in [0, 0.05) is 28.6 Å². The number of rotatable bonds is 3. The van der Waals surface area contributed by atoms with Crippen molar-refractivity contribution in [3.05, 3.63) is 35.5 Å². The summed E-state index contributed by atoms with van der Waals surface area (Å²) in [5, 5.41) is 0. The van der Waals surface area contributed by atoms with E-state index in [1.807, 2.05) is 0 Å². The Morgan fingerprint density at radius 2 is 1.82 bits per heavy atom. The number of hydrogen-bond donors (Lipinski definition) is 1. The Hall–Kier alpha value is -1.88. The summed E-state index contributed by atoms with van der Waals surface area (Å²) in [7, 11) is 1.60. The molecule has 0 fully saturated rings. The fraction of sp³-hybridized carbons (Fsp3) is 0.294. The highest BCUT2D eigenvalue weighted by Gasteiger charge is 2.34. The molecule has 2 heterocycles. The zero-order valence-electron chi connectivity index (χ0n) is 14.5. The van der Waals surface area contributed by atoms with Crippen LogP contribution in [0.4, 0.5) is 26.3 Å². The Bertz CT molecular complexity index is 1040. The number of halogens is 6. The van der Waals surface area contributed by atoms with Crippen LogP contribution in [0.1, 0.15) is 18.1 Å². The smallest absolute Gasteiger partial charge is 0.312 e. The summed E-state index contributed by atoms with van der Waals surface area (Å²) in [6, 6.07) is 3.48. The second kappa shape index (κ2) is 7.18. The number of aromatic nitrogens is 3. The molecule has 28 heavy (non-hydrogen) atoms. The highest BCUT2D eigenvalue weighted by molar-refractivity contribution is 8.00. The molecule has 3 aromatic rings. The van der Waals surface area contributed by atoms with Gasteiger partial charge in [-0.2, -0.15) is 26.3 Å². The quantitative estimate of drug-likeness (QED) is 0.304. The molecule has 3 rings (SSSR count). The zero-order chi connectivity index (χ0) is 20.9. The molecule has 0 aliphatic rings. The minimum atomic E-state index is -4.54. The number of alkyl halides is 6. The van der Waals surface area contributed by atoms with E-state index in [4.69, 9.17) is 0 Å². The van der Waals surface area contributed by atoms with E-state index in [9.17, 15) is 26.3 Å². The molecule has 0 aliphatic heterocycles. The second-order valence-corrected chi connectivity index (χ2v) is 7.48. The minimum absolute atomic E-state index is 0.123. The van der Waals surface area contributed by atoms with Gasteiger partial charge in [0.1, 0.15) is 11.3 Å². The first-order chi connectivity index (χ1) is 12.9. The Morgan fingerprint density at radius 1 is 1.14 bits per heavy atom. The van der Waals surface area contributed by atoms with E-state index in [1.165, 1.54) is 16.7 Å². The number of thioether (sulfide) groups is 1. The number of benzene rings is 1. The number of fused-ring (bicyclic) bond motifs is 1. The van der Waals surface area contributed by atoms with Gasteiger partial charge in [0.25, 0.3) is 0 Å². The average molecular weight is 437 g/mol. The lowest BCUT2D eigenvalue weighted by atomic mass is 10.0. The minimum Gasteiger partial charge on any atom is -0.312 e. The normalized spacial score (nSPS) is 12.8. The molecule has 0 bridgehead atoms. The van der Waals surface area contributed by atoms with Crippen molar-refractivity contribution in [3.8, 4) is 11.4 Å². The fourth-order valence-corrected chi connectivity index (χ4v) is 3.94. The molecule has 11 heteroatoms. The van der Waals surface area contributed by atoms with Gasteiger partial charge in [-0.15, -0.1) is 12.6 Å². The standard InChI is InChI=1S/C17H13F6N3S2/c1-3-9-10(4-5-11(13(9)27)16(18,19)20)14-25-12-6-8(28-17(21,22)23)7-24-15(12)26(14)2/h4-7,27H,3H2,1-2H3. The predicted octanol–water partition coefficient (Wildman–Crippen LogP) is 6.12. The lowest BCUT2D eigenvalue weighted by Gasteiger charge is -2.16. The summed E-state index contributed by atoms with van der Waals surface area (Å²) >= 11 is 3.76. The summed E-state index contributed by atoms with van der Waals surface area (Å²) in [5.74, 6) is 0.303. The van der Waals surface area contributed by atoms with Gasteiger partial charge in [-0.05, 0) is 35.9 Å². The molecule has 0 spiro atoms. The molecule has 0 atom stereocenters. The van der Waals surface area contributed by atoms with Crippen molar-refractivity contribution in [2.45, 2.75) is 34.8 Å². The van der Waals surface area contributed by atoms with Crippen LogP contribution in [0.2, 0.25) is 0 Å². The molecule has 0 unspecified atom stereocenters. The number of imidazole rings is 1. The molecule has 0 saturated carbocycles. The molecule has 1 aromatic carbocycles. The summed E-state index contributed by atoms with van der Waals surface area (Å²) < 4.78 is 78.7. The SMILES string of the molecule is CCc1c(-c2nc3cc(SC(F)(F)F)cnc3n2C)ccc(C(F)(F)F)c1S.